The number of unbranched alkanes of at least 4 members (excludes halogenated alkanes) is 1. The molecule has 5 nitrogen and oxygen atoms in total. The quantitative estimate of drug-likeness (QED) is 0.413. The van der Waals surface area contributed by atoms with Crippen molar-refractivity contribution in [3.63, 3.8) is 0 Å². The van der Waals surface area contributed by atoms with Gasteiger partial charge in [0, 0.05) is 43.6 Å². The first kappa shape index (κ1) is 20.1. The van der Waals surface area contributed by atoms with E-state index in [9.17, 15) is 9.59 Å². The molecule has 0 aromatic carbocycles. The van der Waals surface area contributed by atoms with E-state index >= 15 is 0 Å². The van der Waals surface area contributed by atoms with Crippen LogP contribution in [0.15, 0.2) is 11.1 Å². The maximum Gasteiger partial charge on any atom is 0.234 e. The number of rotatable bonds is 5. The van der Waals surface area contributed by atoms with Crippen molar-refractivity contribution >= 4 is 11.8 Å². The number of hydrogen-bond donors (Lipinski definition) is 0. The number of likely N-dealkylation sites (tertiary alicyclic amines) is 1. The Bertz CT molecular complexity index is 679. The van der Waals surface area contributed by atoms with Gasteiger partial charge in [0.15, 0.2) is 0 Å². The Kier molecular flexibility index (Phi) is 4.78. The lowest BCUT2D eigenvalue weighted by Gasteiger charge is -2.34. The third-order valence-corrected chi connectivity index (χ3v) is 9.37. The molecule has 2 bridgehead atoms. The molecule has 2 heterocycles. The molecule has 0 N–H and O–H groups in total. The summed E-state index contributed by atoms with van der Waals surface area (Å²) in [5.74, 6) is 0.240. The standard InChI is InChI=1S/C23H37N3O2/c1-15-16(2)23(5)17(3)22(15,4)18-19(23)21(28)26(20(18)27)10-8-7-9-25-13-11-24(6)12-14-25/h17-19H,7-14H2,1-6H3/t17?,18?,19?,22-,23+. The number of allylic oxidation sites excluding steroid dienone is 2. The molecule has 156 valence electrons. The number of hydrogen-bond acceptors (Lipinski definition) is 4. The van der Waals surface area contributed by atoms with Crippen LogP contribution in [0.1, 0.15) is 47.5 Å². The highest BCUT2D eigenvalue weighted by molar-refractivity contribution is 6.07. The van der Waals surface area contributed by atoms with Crippen molar-refractivity contribution in [1.29, 1.82) is 0 Å². The predicted octanol–water partition coefficient (Wildman–Crippen LogP) is 2.63. The van der Waals surface area contributed by atoms with Crippen LogP contribution < -0.4 is 0 Å². The number of amides is 2. The molecule has 2 amide bonds. The van der Waals surface area contributed by atoms with E-state index < -0.39 is 0 Å². The molecule has 28 heavy (non-hydrogen) atoms. The fourth-order valence-corrected chi connectivity index (χ4v) is 6.92. The number of fused-ring (bicyclic) bond motifs is 5. The minimum atomic E-state index is -0.162. The zero-order valence-electron chi connectivity index (χ0n) is 18.5. The molecule has 5 atom stereocenters. The van der Waals surface area contributed by atoms with E-state index in [0.29, 0.717) is 12.5 Å². The second kappa shape index (κ2) is 6.66. The highest BCUT2D eigenvalue weighted by Crippen LogP contribution is 2.74. The van der Waals surface area contributed by atoms with Gasteiger partial charge >= 0.3 is 0 Å². The minimum absolute atomic E-state index is 0.0968. The monoisotopic (exact) mass is 387 g/mol. The molecule has 2 aliphatic heterocycles. The molecule has 5 heteroatoms. The number of carbonyl (C=O) groups is 2. The number of nitrogens with zero attached hydrogens (tertiary/aromatic N) is 3. The summed E-state index contributed by atoms with van der Waals surface area (Å²) in [4.78, 5) is 33.1. The Labute approximate surface area is 170 Å². The Balaban J connectivity index is 1.40. The van der Waals surface area contributed by atoms with Crippen LogP contribution in [0.3, 0.4) is 0 Å². The molecule has 2 saturated heterocycles. The van der Waals surface area contributed by atoms with Gasteiger partial charge in [-0.25, -0.2) is 0 Å². The van der Waals surface area contributed by atoms with Crippen LogP contribution in [-0.2, 0) is 9.59 Å². The van der Waals surface area contributed by atoms with Crippen LogP contribution in [0.2, 0.25) is 0 Å². The fourth-order valence-electron chi connectivity index (χ4n) is 6.92. The zero-order chi connectivity index (χ0) is 20.4. The Morgan fingerprint density at radius 3 is 1.82 bits per heavy atom. The smallest absolute Gasteiger partial charge is 0.234 e. The van der Waals surface area contributed by atoms with E-state index in [0.717, 1.165) is 45.6 Å². The summed E-state index contributed by atoms with van der Waals surface area (Å²) in [6.45, 7) is 17.3. The average molecular weight is 388 g/mol. The van der Waals surface area contributed by atoms with Crippen molar-refractivity contribution in [2.24, 2.45) is 28.6 Å². The van der Waals surface area contributed by atoms with Gasteiger partial charge in [-0.15, -0.1) is 0 Å². The maximum atomic E-state index is 13.3. The van der Waals surface area contributed by atoms with Crippen molar-refractivity contribution in [2.45, 2.75) is 47.5 Å². The predicted molar refractivity (Wildman–Crippen MR) is 111 cm³/mol. The molecule has 0 aromatic heterocycles. The summed E-state index contributed by atoms with van der Waals surface area (Å²) < 4.78 is 0. The van der Waals surface area contributed by atoms with Crippen molar-refractivity contribution in [3.05, 3.63) is 11.1 Å². The van der Waals surface area contributed by atoms with E-state index in [1.807, 2.05) is 0 Å². The summed E-state index contributed by atoms with van der Waals surface area (Å²) in [6, 6.07) is 0. The normalized spacial score (nSPS) is 41.5. The summed E-state index contributed by atoms with van der Waals surface area (Å²) in [5, 5.41) is 0. The lowest BCUT2D eigenvalue weighted by molar-refractivity contribution is -0.142. The van der Waals surface area contributed by atoms with Crippen LogP contribution in [0.25, 0.3) is 0 Å². The molecule has 2 aliphatic carbocycles. The summed E-state index contributed by atoms with van der Waals surface area (Å²) in [5.41, 5.74) is 2.37. The largest absolute Gasteiger partial charge is 0.304 e. The third kappa shape index (κ3) is 2.44. The minimum Gasteiger partial charge on any atom is -0.304 e. The first-order valence-corrected chi connectivity index (χ1v) is 11.1. The molecular formula is C23H37N3O2. The molecule has 0 aromatic rings. The SMILES string of the molecule is CC1=C(C)[C@]2(C)C3C(=O)N(CCCCN4CCN(C)CC4)C(=O)C3[C@@]1(C)C2C. The van der Waals surface area contributed by atoms with Gasteiger partial charge in [0.2, 0.25) is 11.8 Å². The number of imide groups is 1. The first-order chi connectivity index (χ1) is 13.1. The second-order valence-corrected chi connectivity index (χ2v) is 10.2. The van der Waals surface area contributed by atoms with Gasteiger partial charge < -0.3 is 9.80 Å². The van der Waals surface area contributed by atoms with Gasteiger partial charge in [0.1, 0.15) is 0 Å². The van der Waals surface area contributed by atoms with Crippen molar-refractivity contribution in [3.8, 4) is 0 Å². The van der Waals surface area contributed by atoms with Crippen molar-refractivity contribution in [2.75, 3.05) is 46.3 Å². The molecule has 4 aliphatic rings. The van der Waals surface area contributed by atoms with E-state index in [1.54, 1.807) is 4.90 Å². The number of carbonyl (C=O) groups excluding carboxylic acids is 2. The lowest BCUT2D eigenvalue weighted by atomic mass is 9.66. The molecule has 3 unspecified atom stereocenters. The van der Waals surface area contributed by atoms with Crippen LogP contribution in [0, 0.1) is 28.6 Å². The summed E-state index contributed by atoms with van der Waals surface area (Å²) >= 11 is 0. The molecule has 4 rings (SSSR count). The van der Waals surface area contributed by atoms with Crippen LogP contribution in [0.4, 0.5) is 0 Å². The Hall–Kier alpha value is -1.20. The van der Waals surface area contributed by atoms with Gasteiger partial charge in [-0.05, 0) is 46.2 Å². The highest BCUT2D eigenvalue weighted by Gasteiger charge is 2.75. The van der Waals surface area contributed by atoms with E-state index in [2.05, 4.69) is 51.5 Å². The van der Waals surface area contributed by atoms with Crippen LogP contribution >= 0.6 is 0 Å². The van der Waals surface area contributed by atoms with Crippen molar-refractivity contribution < 1.29 is 9.59 Å². The van der Waals surface area contributed by atoms with E-state index in [1.165, 1.54) is 11.1 Å². The zero-order valence-corrected chi connectivity index (χ0v) is 18.5. The van der Waals surface area contributed by atoms with E-state index in [-0.39, 0.29) is 34.5 Å². The average Bonchev–Trinajstić information content (AvgIpc) is 3.08. The molecule has 0 radical (unpaired) electrons. The van der Waals surface area contributed by atoms with Gasteiger partial charge in [-0.3, -0.25) is 14.5 Å². The van der Waals surface area contributed by atoms with E-state index in [4.69, 9.17) is 0 Å². The summed E-state index contributed by atoms with van der Waals surface area (Å²) in [6.07, 6.45) is 1.97. The van der Waals surface area contributed by atoms with Crippen LogP contribution in [-0.4, -0.2) is 72.8 Å². The van der Waals surface area contributed by atoms with Gasteiger partial charge in [0.25, 0.3) is 0 Å². The molecule has 0 spiro atoms. The second-order valence-electron chi connectivity index (χ2n) is 10.2. The summed E-state index contributed by atoms with van der Waals surface area (Å²) in [7, 11) is 2.17. The lowest BCUT2D eigenvalue weighted by Crippen LogP contribution is -2.44. The van der Waals surface area contributed by atoms with Crippen molar-refractivity contribution in [1.82, 2.24) is 14.7 Å². The van der Waals surface area contributed by atoms with Crippen LogP contribution in [0.5, 0.6) is 0 Å². The molecular weight excluding hydrogens is 350 g/mol. The van der Waals surface area contributed by atoms with Gasteiger partial charge in [0.05, 0.1) is 11.8 Å². The Morgan fingerprint density at radius 2 is 1.32 bits per heavy atom. The topological polar surface area (TPSA) is 43.9 Å². The Morgan fingerprint density at radius 1 is 0.857 bits per heavy atom. The molecule has 1 saturated carbocycles. The fraction of sp³-hybridized carbons (Fsp3) is 0.826. The third-order valence-electron chi connectivity index (χ3n) is 9.37. The van der Waals surface area contributed by atoms with Gasteiger partial charge in [-0.1, -0.05) is 31.9 Å². The highest BCUT2D eigenvalue weighted by atomic mass is 16.2. The van der Waals surface area contributed by atoms with Gasteiger partial charge in [-0.2, -0.15) is 0 Å². The number of likely N-dealkylation sites (N-methyl/N-ethyl adjacent to an activating group) is 1. The molecule has 3 fully saturated rings. The maximum absolute atomic E-state index is 13.3. The first-order valence-electron chi connectivity index (χ1n) is 11.1. The number of piperazine rings is 1.